The summed E-state index contributed by atoms with van der Waals surface area (Å²) in [4.78, 5) is 39.8. The molecule has 1 N–H and O–H groups in total. The Labute approximate surface area is 178 Å². The second kappa shape index (κ2) is 9.29. The van der Waals surface area contributed by atoms with Crippen LogP contribution in [0, 0.1) is 13.8 Å². The third kappa shape index (κ3) is 4.64. The quantitative estimate of drug-likeness (QED) is 0.702. The van der Waals surface area contributed by atoms with Crippen LogP contribution in [-0.2, 0) is 33.8 Å². The van der Waals surface area contributed by atoms with E-state index in [9.17, 15) is 14.4 Å². The fraction of sp³-hybridized carbons (Fsp3) is 0.500. The molecule has 0 bridgehead atoms. The van der Waals surface area contributed by atoms with Crippen molar-refractivity contribution < 1.29 is 23.9 Å². The minimum Gasteiger partial charge on any atom is -0.462 e. The molecule has 0 radical (unpaired) electrons. The first-order chi connectivity index (χ1) is 14.3. The minimum absolute atomic E-state index is 0.0411. The van der Waals surface area contributed by atoms with Gasteiger partial charge in [-0.3, -0.25) is 9.48 Å². The predicted octanol–water partition coefficient (Wildman–Crippen LogP) is 2.89. The topological polar surface area (TPSA) is 103 Å². The molecule has 0 fully saturated rings. The summed E-state index contributed by atoms with van der Waals surface area (Å²) in [6.45, 7) is 8.58. The standard InChI is InChI=1S/C20H26N4O5S/c1-5-28-19(26)17-14-7-8-23(20(27)29-6-2)10-15(14)30-18(17)21-16(25)11-24-13(4)9-12(3)22-24/h9H,5-8,10-11H2,1-4H3,(H,21,25). The SMILES string of the molecule is CCOC(=O)c1c(NC(=O)Cn2nc(C)cc2C)sc2c1CCN(C(=O)OCC)C2. The lowest BCUT2D eigenvalue weighted by molar-refractivity contribution is -0.116. The lowest BCUT2D eigenvalue weighted by atomic mass is 10.0. The number of nitrogens with one attached hydrogen (secondary N) is 1. The van der Waals surface area contributed by atoms with Crippen molar-refractivity contribution in [3.8, 4) is 0 Å². The number of hydrogen-bond donors (Lipinski definition) is 1. The molecule has 30 heavy (non-hydrogen) atoms. The lowest BCUT2D eigenvalue weighted by Crippen LogP contribution is -2.36. The van der Waals surface area contributed by atoms with Gasteiger partial charge in [0.05, 0.1) is 31.0 Å². The van der Waals surface area contributed by atoms with Gasteiger partial charge < -0.3 is 19.7 Å². The number of carbonyl (C=O) groups excluding carboxylic acids is 3. The Balaban J connectivity index is 1.84. The van der Waals surface area contributed by atoms with Crippen molar-refractivity contribution in [1.82, 2.24) is 14.7 Å². The number of rotatable bonds is 6. The third-order valence-electron chi connectivity index (χ3n) is 4.71. The molecule has 0 unspecified atom stereocenters. The van der Waals surface area contributed by atoms with Crippen LogP contribution in [0.3, 0.4) is 0 Å². The largest absolute Gasteiger partial charge is 0.462 e. The number of carbonyl (C=O) groups is 3. The molecule has 0 aromatic carbocycles. The maximum absolute atomic E-state index is 12.6. The van der Waals surface area contributed by atoms with Gasteiger partial charge >= 0.3 is 12.1 Å². The van der Waals surface area contributed by atoms with E-state index in [2.05, 4.69) is 10.4 Å². The minimum atomic E-state index is -0.471. The van der Waals surface area contributed by atoms with Crippen molar-refractivity contribution in [3.63, 3.8) is 0 Å². The average molecular weight is 435 g/mol. The monoisotopic (exact) mass is 434 g/mol. The number of esters is 1. The number of anilines is 1. The van der Waals surface area contributed by atoms with Crippen molar-refractivity contribution >= 4 is 34.3 Å². The first-order valence-electron chi connectivity index (χ1n) is 9.88. The van der Waals surface area contributed by atoms with Crippen molar-refractivity contribution in [2.75, 3.05) is 25.1 Å². The van der Waals surface area contributed by atoms with Crippen LogP contribution in [-0.4, -0.2) is 52.4 Å². The normalized spacial score (nSPS) is 13.0. The predicted molar refractivity (Wildman–Crippen MR) is 112 cm³/mol. The van der Waals surface area contributed by atoms with Gasteiger partial charge in [-0.25, -0.2) is 9.59 Å². The maximum Gasteiger partial charge on any atom is 0.410 e. The molecule has 0 atom stereocenters. The van der Waals surface area contributed by atoms with Crippen LogP contribution in [0.5, 0.6) is 0 Å². The number of thiophene rings is 1. The van der Waals surface area contributed by atoms with E-state index in [0.717, 1.165) is 21.8 Å². The first-order valence-corrected chi connectivity index (χ1v) is 10.7. The molecule has 1 aliphatic heterocycles. The zero-order chi connectivity index (χ0) is 21.8. The number of hydrogen-bond acceptors (Lipinski definition) is 7. The van der Waals surface area contributed by atoms with E-state index in [1.165, 1.54) is 11.3 Å². The van der Waals surface area contributed by atoms with E-state index in [-0.39, 0.29) is 25.2 Å². The number of aromatic nitrogens is 2. The van der Waals surface area contributed by atoms with Crippen LogP contribution >= 0.6 is 11.3 Å². The summed E-state index contributed by atoms with van der Waals surface area (Å²) in [5.74, 6) is -0.756. The molecule has 9 nitrogen and oxygen atoms in total. The third-order valence-corrected chi connectivity index (χ3v) is 5.84. The van der Waals surface area contributed by atoms with Gasteiger partial charge in [0.15, 0.2) is 0 Å². The molecular weight excluding hydrogens is 408 g/mol. The molecule has 2 amide bonds. The van der Waals surface area contributed by atoms with Gasteiger partial charge in [-0.2, -0.15) is 5.10 Å². The molecule has 0 spiro atoms. The molecule has 2 aromatic rings. The molecule has 0 saturated carbocycles. The summed E-state index contributed by atoms with van der Waals surface area (Å²) in [5.41, 5.74) is 2.91. The fourth-order valence-corrected chi connectivity index (χ4v) is 4.69. The second-order valence-electron chi connectivity index (χ2n) is 6.93. The Morgan fingerprint density at radius 3 is 2.57 bits per heavy atom. The van der Waals surface area contributed by atoms with Gasteiger partial charge in [0.1, 0.15) is 11.5 Å². The fourth-order valence-electron chi connectivity index (χ4n) is 3.42. The molecule has 10 heteroatoms. The smallest absolute Gasteiger partial charge is 0.410 e. The highest BCUT2D eigenvalue weighted by atomic mass is 32.1. The highest BCUT2D eigenvalue weighted by molar-refractivity contribution is 7.17. The van der Waals surface area contributed by atoms with E-state index >= 15 is 0 Å². The molecule has 0 aliphatic carbocycles. The van der Waals surface area contributed by atoms with Crippen molar-refractivity contribution in [3.05, 3.63) is 33.5 Å². The number of amides is 2. The zero-order valence-electron chi connectivity index (χ0n) is 17.6. The van der Waals surface area contributed by atoms with Crippen molar-refractivity contribution in [2.24, 2.45) is 0 Å². The zero-order valence-corrected chi connectivity index (χ0v) is 18.4. The summed E-state index contributed by atoms with van der Waals surface area (Å²) in [5, 5.41) is 7.59. The van der Waals surface area contributed by atoms with Crippen LogP contribution in [0.25, 0.3) is 0 Å². The van der Waals surface area contributed by atoms with Gasteiger partial charge in [-0.05, 0) is 45.7 Å². The van der Waals surface area contributed by atoms with E-state index in [1.807, 2.05) is 19.9 Å². The Kier molecular flexibility index (Phi) is 6.76. The second-order valence-corrected chi connectivity index (χ2v) is 8.04. The Hall–Kier alpha value is -2.88. The Morgan fingerprint density at radius 2 is 1.93 bits per heavy atom. The summed E-state index contributed by atoms with van der Waals surface area (Å²) < 4.78 is 11.9. The maximum atomic E-state index is 12.6. The highest BCUT2D eigenvalue weighted by Gasteiger charge is 2.31. The Bertz CT molecular complexity index is 965. The average Bonchev–Trinajstić information content (AvgIpc) is 3.19. The summed E-state index contributed by atoms with van der Waals surface area (Å²) in [7, 11) is 0. The molecule has 162 valence electrons. The highest BCUT2D eigenvalue weighted by Crippen LogP contribution is 2.38. The van der Waals surface area contributed by atoms with Crippen molar-refractivity contribution in [2.45, 2.75) is 47.2 Å². The first kappa shape index (κ1) is 21.8. The molecule has 0 saturated heterocycles. The molecule has 1 aliphatic rings. The van der Waals surface area contributed by atoms with Crippen LogP contribution in [0.1, 0.15) is 46.0 Å². The number of aryl methyl sites for hydroxylation is 2. The molecule has 2 aromatic heterocycles. The molecule has 3 heterocycles. The van der Waals surface area contributed by atoms with Crippen LogP contribution in [0.2, 0.25) is 0 Å². The van der Waals surface area contributed by atoms with Crippen LogP contribution < -0.4 is 5.32 Å². The summed E-state index contributed by atoms with van der Waals surface area (Å²) in [6, 6.07) is 1.89. The molecular formula is C20H26N4O5S. The van der Waals surface area contributed by atoms with Gasteiger partial charge in [-0.1, -0.05) is 0 Å². The van der Waals surface area contributed by atoms with Gasteiger partial charge in [0.25, 0.3) is 0 Å². The summed E-state index contributed by atoms with van der Waals surface area (Å²) >= 11 is 1.29. The van der Waals surface area contributed by atoms with Crippen LogP contribution in [0.15, 0.2) is 6.07 Å². The lowest BCUT2D eigenvalue weighted by Gasteiger charge is -2.26. The van der Waals surface area contributed by atoms with E-state index in [4.69, 9.17) is 9.47 Å². The van der Waals surface area contributed by atoms with Crippen molar-refractivity contribution in [1.29, 1.82) is 0 Å². The van der Waals surface area contributed by atoms with E-state index in [1.54, 1.807) is 23.4 Å². The van der Waals surface area contributed by atoms with Crippen LogP contribution in [0.4, 0.5) is 9.80 Å². The summed E-state index contributed by atoms with van der Waals surface area (Å²) in [6.07, 6.45) is 0.107. The number of nitrogens with zero attached hydrogens (tertiary/aromatic N) is 3. The van der Waals surface area contributed by atoms with E-state index in [0.29, 0.717) is 36.7 Å². The van der Waals surface area contributed by atoms with Gasteiger partial charge in [0.2, 0.25) is 5.91 Å². The number of fused-ring (bicyclic) bond motifs is 1. The van der Waals surface area contributed by atoms with Gasteiger partial charge in [0, 0.05) is 17.1 Å². The van der Waals surface area contributed by atoms with Gasteiger partial charge in [-0.15, -0.1) is 11.3 Å². The number of ether oxygens (including phenoxy) is 2. The van der Waals surface area contributed by atoms with E-state index < -0.39 is 5.97 Å². The Morgan fingerprint density at radius 1 is 1.20 bits per heavy atom. The molecule has 3 rings (SSSR count).